The Bertz CT molecular complexity index is 663. The minimum atomic E-state index is 0.864. The van der Waals surface area contributed by atoms with Gasteiger partial charge in [0.1, 0.15) is 0 Å². The largest absolute Gasteiger partial charge is 0.323 e. The molecule has 2 aromatic heterocycles. The molecule has 0 amide bonds. The first-order valence-corrected chi connectivity index (χ1v) is 4.99. The molecule has 0 radical (unpaired) electrons. The molecule has 0 aliphatic heterocycles. The van der Waals surface area contributed by atoms with Crippen LogP contribution in [0.4, 0.5) is 5.69 Å². The lowest BCUT2D eigenvalue weighted by atomic mass is 10.1. The second kappa shape index (κ2) is 3.43. The van der Waals surface area contributed by atoms with Gasteiger partial charge in [-0.3, -0.25) is 15.8 Å². The van der Waals surface area contributed by atoms with Crippen LogP contribution in [0.1, 0.15) is 0 Å². The van der Waals surface area contributed by atoms with Gasteiger partial charge in [0.25, 0.3) is 0 Å². The van der Waals surface area contributed by atoms with Gasteiger partial charge < -0.3 is 5.43 Å². The van der Waals surface area contributed by atoms with Crippen molar-refractivity contribution in [3.63, 3.8) is 0 Å². The first kappa shape index (κ1) is 9.06. The summed E-state index contributed by atoms with van der Waals surface area (Å²) in [4.78, 5) is 8.71. The second-order valence-electron chi connectivity index (χ2n) is 3.54. The van der Waals surface area contributed by atoms with Crippen LogP contribution in [-0.2, 0) is 0 Å². The number of rotatable bonds is 1. The number of nitrogens with zero attached hydrogens (tertiary/aromatic N) is 2. The molecular weight excluding hydrogens is 200 g/mol. The fourth-order valence-corrected chi connectivity index (χ4v) is 1.90. The molecule has 0 saturated heterocycles. The van der Waals surface area contributed by atoms with Crippen molar-refractivity contribution in [2.75, 3.05) is 5.43 Å². The summed E-state index contributed by atoms with van der Waals surface area (Å²) in [5.41, 5.74) is 5.33. The van der Waals surface area contributed by atoms with Crippen LogP contribution in [0.3, 0.4) is 0 Å². The summed E-state index contributed by atoms with van der Waals surface area (Å²) in [6.45, 7) is 0. The van der Waals surface area contributed by atoms with Gasteiger partial charge in [0, 0.05) is 23.2 Å². The van der Waals surface area contributed by atoms with Crippen LogP contribution in [0.15, 0.2) is 42.7 Å². The molecule has 4 heteroatoms. The van der Waals surface area contributed by atoms with Gasteiger partial charge in [0.05, 0.1) is 16.7 Å². The van der Waals surface area contributed by atoms with Crippen LogP contribution in [0.2, 0.25) is 0 Å². The quantitative estimate of drug-likeness (QED) is 0.366. The molecular formula is C12H10N4. The highest BCUT2D eigenvalue weighted by Crippen LogP contribution is 2.28. The second-order valence-corrected chi connectivity index (χ2v) is 3.54. The molecule has 0 saturated carbocycles. The Morgan fingerprint density at radius 2 is 1.75 bits per heavy atom. The van der Waals surface area contributed by atoms with E-state index in [0.29, 0.717) is 0 Å². The number of fused-ring (bicyclic) bond motifs is 3. The van der Waals surface area contributed by atoms with Crippen molar-refractivity contribution in [3.8, 4) is 0 Å². The standard InChI is InChI=1S/C12H10N4/c13-16-10-7-8-3-1-5-14-11(8)12-9(10)4-2-6-15-12/h1-7,16H,13H2. The maximum Gasteiger partial charge on any atom is 0.0985 e. The molecule has 0 aliphatic carbocycles. The van der Waals surface area contributed by atoms with Crippen LogP contribution in [0.5, 0.6) is 0 Å². The van der Waals surface area contributed by atoms with Crippen molar-refractivity contribution in [1.29, 1.82) is 0 Å². The van der Waals surface area contributed by atoms with Gasteiger partial charge in [-0.05, 0) is 24.3 Å². The van der Waals surface area contributed by atoms with Gasteiger partial charge in [-0.15, -0.1) is 0 Å². The zero-order valence-corrected chi connectivity index (χ0v) is 8.51. The highest BCUT2D eigenvalue weighted by atomic mass is 15.2. The van der Waals surface area contributed by atoms with Crippen LogP contribution in [0, 0.1) is 0 Å². The number of anilines is 1. The average Bonchev–Trinajstić information content (AvgIpc) is 2.38. The molecule has 0 spiro atoms. The third-order valence-electron chi connectivity index (χ3n) is 2.62. The first-order chi connectivity index (χ1) is 7.90. The molecule has 0 atom stereocenters. The van der Waals surface area contributed by atoms with E-state index in [2.05, 4.69) is 15.4 Å². The molecule has 0 bridgehead atoms. The number of hydrogen-bond acceptors (Lipinski definition) is 4. The Kier molecular flexibility index (Phi) is 1.94. The summed E-state index contributed by atoms with van der Waals surface area (Å²) < 4.78 is 0. The van der Waals surface area contributed by atoms with Crippen LogP contribution in [-0.4, -0.2) is 9.97 Å². The number of hydrogen-bond donors (Lipinski definition) is 2. The first-order valence-electron chi connectivity index (χ1n) is 4.99. The lowest BCUT2D eigenvalue weighted by Gasteiger charge is -2.07. The maximum absolute atomic E-state index is 5.51. The molecule has 0 unspecified atom stereocenters. The zero-order chi connectivity index (χ0) is 11.0. The number of nitrogens with two attached hydrogens (primary N) is 1. The summed E-state index contributed by atoms with van der Waals surface area (Å²) >= 11 is 0. The highest BCUT2D eigenvalue weighted by molar-refractivity contribution is 6.08. The minimum Gasteiger partial charge on any atom is -0.323 e. The normalized spacial score (nSPS) is 10.8. The highest BCUT2D eigenvalue weighted by Gasteiger charge is 2.06. The molecule has 4 nitrogen and oxygen atoms in total. The monoisotopic (exact) mass is 210 g/mol. The topological polar surface area (TPSA) is 63.8 Å². The van der Waals surface area contributed by atoms with E-state index in [-0.39, 0.29) is 0 Å². The van der Waals surface area contributed by atoms with Crippen molar-refractivity contribution in [3.05, 3.63) is 42.7 Å². The third kappa shape index (κ3) is 1.20. The smallest absolute Gasteiger partial charge is 0.0985 e. The van der Waals surface area contributed by atoms with Crippen LogP contribution < -0.4 is 11.3 Å². The van der Waals surface area contributed by atoms with Gasteiger partial charge in [-0.1, -0.05) is 6.07 Å². The number of hydrazine groups is 1. The third-order valence-corrected chi connectivity index (χ3v) is 2.62. The Balaban J connectivity index is 2.57. The lowest BCUT2D eigenvalue weighted by molar-refractivity contribution is 1.34. The Morgan fingerprint density at radius 1 is 1.00 bits per heavy atom. The van der Waals surface area contributed by atoms with Crippen molar-refractivity contribution in [1.82, 2.24) is 9.97 Å². The molecule has 0 aliphatic rings. The van der Waals surface area contributed by atoms with Gasteiger partial charge in [0.15, 0.2) is 0 Å². The number of pyridine rings is 2. The van der Waals surface area contributed by atoms with Crippen molar-refractivity contribution in [2.45, 2.75) is 0 Å². The summed E-state index contributed by atoms with van der Waals surface area (Å²) in [7, 11) is 0. The van der Waals surface area contributed by atoms with E-state index < -0.39 is 0 Å². The van der Waals surface area contributed by atoms with E-state index in [1.807, 2.05) is 30.3 Å². The minimum absolute atomic E-state index is 0.864. The van der Waals surface area contributed by atoms with Crippen LogP contribution in [0.25, 0.3) is 21.8 Å². The van der Waals surface area contributed by atoms with Crippen molar-refractivity contribution >= 4 is 27.5 Å². The fraction of sp³-hybridized carbons (Fsp3) is 0. The van der Waals surface area contributed by atoms with Gasteiger partial charge in [-0.2, -0.15) is 0 Å². The number of aromatic nitrogens is 2. The lowest BCUT2D eigenvalue weighted by Crippen LogP contribution is -2.07. The van der Waals surface area contributed by atoms with Crippen molar-refractivity contribution in [2.24, 2.45) is 5.84 Å². The predicted molar refractivity (Wildman–Crippen MR) is 64.9 cm³/mol. The van der Waals surface area contributed by atoms with Gasteiger partial charge in [-0.25, -0.2) is 0 Å². The van der Waals surface area contributed by atoms with Gasteiger partial charge in [0.2, 0.25) is 0 Å². The predicted octanol–water partition coefficient (Wildman–Crippen LogP) is 2.07. The summed E-state index contributed by atoms with van der Waals surface area (Å²) in [6.07, 6.45) is 3.53. The van der Waals surface area contributed by atoms with E-state index >= 15 is 0 Å². The number of benzene rings is 1. The molecule has 0 fully saturated rings. The SMILES string of the molecule is NNc1cc2cccnc2c2ncccc12. The summed E-state index contributed by atoms with van der Waals surface area (Å²) in [5.74, 6) is 5.51. The molecule has 3 N–H and O–H groups in total. The van der Waals surface area contributed by atoms with E-state index in [0.717, 1.165) is 27.5 Å². The molecule has 3 aromatic rings. The molecule has 3 rings (SSSR count). The maximum atomic E-state index is 5.51. The van der Waals surface area contributed by atoms with Crippen molar-refractivity contribution < 1.29 is 0 Å². The Hall–Kier alpha value is -2.20. The van der Waals surface area contributed by atoms with E-state index in [1.54, 1.807) is 12.4 Å². The summed E-state index contributed by atoms with van der Waals surface area (Å²) in [6, 6.07) is 9.74. The average molecular weight is 210 g/mol. The number of nitrogens with one attached hydrogen (secondary N) is 1. The fourth-order valence-electron chi connectivity index (χ4n) is 1.90. The molecule has 1 aromatic carbocycles. The van der Waals surface area contributed by atoms with Crippen LogP contribution >= 0.6 is 0 Å². The zero-order valence-electron chi connectivity index (χ0n) is 8.51. The van der Waals surface area contributed by atoms with E-state index in [1.165, 1.54) is 0 Å². The van der Waals surface area contributed by atoms with Gasteiger partial charge >= 0.3 is 0 Å². The summed E-state index contributed by atoms with van der Waals surface area (Å²) in [5, 5.41) is 2.01. The van der Waals surface area contributed by atoms with E-state index in [9.17, 15) is 0 Å². The Labute approximate surface area is 92.1 Å². The molecule has 78 valence electrons. The van der Waals surface area contributed by atoms with E-state index in [4.69, 9.17) is 5.84 Å². The number of nitrogen functional groups attached to an aromatic ring is 1. The Morgan fingerprint density at radius 3 is 2.56 bits per heavy atom. The molecule has 16 heavy (non-hydrogen) atoms. The molecule has 2 heterocycles.